The fourth-order valence-electron chi connectivity index (χ4n) is 2.77. The van der Waals surface area contributed by atoms with Crippen LogP contribution in [0.2, 0.25) is 5.02 Å². The van der Waals surface area contributed by atoms with E-state index in [1.807, 2.05) is 36.4 Å². The Morgan fingerprint density at radius 1 is 1.07 bits per heavy atom. The van der Waals surface area contributed by atoms with Gasteiger partial charge in [-0.15, -0.1) is 0 Å². The van der Waals surface area contributed by atoms with E-state index in [1.54, 1.807) is 37.5 Å². The topological polar surface area (TPSA) is 66.0 Å². The molecule has 0 aliphatic carbocycles. The Morgan fingerprint density at radius 3 is 2.37 bits per heavy atom. The smallest absolute Gasteiger partial charge is 0.174 e. The number of halogens is 2. The Labute approximate surface area is 194 Å². The quantitative estimate of drug-likeness (QED) is 0.210. The highest BCUT2D eigenvalue weighted by Gasteiger charge is 2.12. The van der Waals surface area contributed by atoms with E-state index in [9.17, 15) is 5.26 Å². The molecule has 0 heterocycles. The summed E-state index contributed by atoms with van der Waals surface area (Å²) in [5.74, 6) is 1.22. The van der Waals surface area contributed by atoms with Gasteiger partial charge in [0.25, 0.3) is 0 Å². The highest BCUT2D eigenvalue weighted by molar-refractivity contribution is 14.1. The van der Waals surface area contributed by atoms with Gasteiger partial charge in [0.05, 0.1) is 34.0 Å². The minimum absolute atomic E-state index is 0.382. The summed E-state index contributed by atoms with van der Waals surface area (Å²) in [6.07, 6.45) is 1.79. The third-order valence-corrected chi connectivity index (χ3v) is 5.36. The molecule has 3 rings (SSSR count). The molecule has 3 aromatic rings. The lowest BCUT2D eigenvalue weighted by atomic mass is 10.0. The average molecular weight is 527 g/mol. The molecule has 0 aromatic heterocycles. The number of allylic oxidation sites excluding steroid dienone is 1. The highest BCUT2D eigenvalue weighted by atomic mass is 127. The van der Waals surface area contributed by atoms with Crippen molar-refractivity contribution < 1.29 is 9.47 Å². The lowest BCUT2D eigenvalue weighted by Crippen LogP contribution is -2.00. The normalized spacial score (nSPS) is 10.8. The minimum Gasteiger partial charge on any atom is -0.493 e. The predicted octanol–water partition coefficient (Wildman–Crippen LogP) is 6.47. The van der Waals surface area contributed by atoms with E-state index in [-0.39, 0.29) is 0 Å². The second-order valence-electron chi connectivity index (χ2n) is 6.31. The minimum atomic E-state index is 0.382. The Hall–Kier alpha value is -3.00. The largest absolute Gasteiger partial charge is 0.493 e. The predicted molar refractivity (Wildman–Crippen MR) is 126 cm³/mol. The van der Waals surface area contributed by atoms with Gasteiger partial charge in [-0.25, -0.2) is 0 Å². The van der Waals surface area contributed by atoms with E-state index in [4.69, 9.17) is 26.3 Å². The Morgan fingerprint density at radius 2 is 1.77 bits per heavy atom. The Balaban J connectivity index is 1.88. The molecule has 0 aliphatic heterocycles. The summed E-state index contributed by atoms with van der Waals surface area (Å²) in [4.78, 5) is 0. The Kier molecular flexibility index (Phi) is 7.35. The van der Waals surface area contributed by atoms with Gasteiger partial charge < -0.3 is 9.47 Å². The number of methoxy groups -OCH3 is 1. The lowest BCUT2D eigenvalue weighted by Gasteiger charge is -2.14. The van der Waals surface area contributed by atoms with Crippen LogP contribution in [0.15, 0.2) is 60.7 Å². The van der Waals surface area contributed by atoms with Crippen molar-refractivity contribution in [2.75, 3.05) is 7.11 Å². The van der Waals surface area contributed by atoms with Crippen molar-refractivity contribution in [3.05, 3.63) is 91.5 Å². The van der Waals surface area contributed by atoms with Crippen molar-refractivity contribution in [2.24, 2.45) is 0 Å². The summed E-state index contributed by atoms with van der Waals surface area (Å²) in [5.41, 5.74) is 3.60. The van der Waals surface area contributed by atoms with Crippen LogP contribution >= 0.6 is 34.2 Å². The summed E-state index contributed by atoms with van der Waals surface area (Å²) in [5, 5.41) is 19.2. The van der Waals surface area contributed by atoms with Crippen LogP contribution in [-0.4, -0.2) is 7.11 Å². The van der Waals surface area contributed by atoms with Gasteiger partial charge in [-0.05, 0) is 81.8 Å². The van der Waals surface area contributed by atoms with E-state index < -0.39 is 0 Å². The molecule has 6 heteroatoms. The molecule has 30 heavy (non-hydrogen) atoms. The summed E-state index contributed by atoms with van der Waals surface area (Å²) >= 11 is 8.12. The third-order valence-electron chi connectivity index (χ3n) is 4.30. The zero-order valence-corrected chi connectivity index (χ0v) is 18.9. The molecule has 0 N–H and O–H groups in total. The lowest BCUT2D eigenvalue weighted by molar-refractivity contribution is 0.282. The average Bonchev–Trinajstić information content (AvgIpc) is 2.77. The monoisotopic (exact) mass is 526 g/mol. The molecule has 0 spiro atoms. The first kappa shape index (κ1) is 21.7. The number of benzene rings is 3. The summed E-state index contributed by atoms with van der Waals surface area (Å²) in [6.45, 7) is 0.382. The van der Waals surface area contributed by atoms with Crippen molar-refractivity contribution in [1.82, 2.24) is 0 Å². The molecule has 0 bridgehead atoms. The van der Waals surface area contributed by atoms with Gasteiger partial charge in [0, 0.05) is 5.02 Å². The maximum absolute atomic E-state index is 9.60. The van der Waals surface area contributed by atoms with E-state index in [0.29, 0.717) is 34.3 Å². The van der Waals surface area contributed by atoms with Crippen LogP contribution in [0.4, 0.5) is 0 Å². The molecule has 0 saturated carbocycles. The molecule has 148 valence electrons. The maximum Gasteiger partial charge on any atom is 0.174 e. The van der Waals surface area contributed by atoms with E-state index in [2.05, 4.69) is 34.7 Å². The van der Waals surface area contributed by atoms with Crippen molar-refractivity contribution in [1.29, 1.82) is 10.5 Å². The van der Waals surface area contributed by atoms with Crippen molar-refractivity contribution in [3.63, 3.8) is 0 Å². The summed E-state index contributed by atoms with van der Waals surface area (Å²) in [7, 11) is 1.58. The van der Waals surface area contributed by atoms with Crippen LogP contribution in [-0.2, 0) is 6.61 Å². The highest BCUT2D eigenvalue weighted by Crippen LogP contribution is 2.35. The molecule has 0 saturated heterocycles. The van der Waals surface area contributed by atoms with Gasteiger partial charge in [-0.3, -0.25) is 0 Å². The second kappa shape index (κ2) is 10.2. The molecule has 0 atom stereocenters. The molecule has 0 aliphatic rings. The van der Waals surface area contributed by atoms with Crippen molar-refractivity contribution in [3.8, 4) is 23.6 Å². The maximum atomic E-state index is 9.60. The number of hydrogen-bond donors (Lipinski definition) is 0. The zero-order valence-electron chi connectivity index (χ0n) is 16.0. The van der Waals surface area contributed by atoms with Crippen molar-refractivity contribution >= 4 is 45.8 Å². The van der Waals surface area contributed by atoms with Crippen LogP contribution in [0.3, 0.4) is 0 Å². The van der Waals surface area contributed by atoms with Crippen LogP contribution in [0.5, 0.6) is 11.5 Å². The number of rotatable bonds is 6. The van der Waals surface area contributed by atoms with E-state index in [0.717, 1.165) is 20.3 Å². The van der Waals surface area contributed by atoms with Crippen LogP contribution in [0, 0.1) is 26.2 Å². The van der Waals surface area contributed by atoms with Gasteiger partial charge in [-0.2, -0.15) is 10.5 Å². The molecule has 0 fully saturated rings. The first-order valence-corrected chi connectivity index (χ1v) is 10.4. The summed E-state index contributed by atoms with van der Waals surface area (Å²) in [6, 6.07) is 22.4. The molecule has 3 aromatic carbocycles. The fourth-order valence-corrected chi connectivity index (χ4v) is 3.68. The summed E-state index contributed by atoms with van der Waals surface area (Å²) < 4.78 is 12.4. The van der Waals surface area contributed by atoms with Crippen LogP contribution in [0.1, 0.15) is 22.3 Å². The van der Waals surface area contributed by atoms with E-state index >= 15 is 0 Å². The SMILES string of the molecule is COc1cc(/C=C(/C#N)c2ccc(C#N)cc2)cc(I)c1OCc1ccc(Cl)cc1. The molecule has 0 radical (unpaired) electrons. The van der Waals surface area contributed by atoms with Gasteiger partial charge in [0.1, 0.15) is 6.61 Å². The number of hydrogen-bond acceptors (Lipinski definition) is 4. The first-order valence-electron chi connectivity index (χ1n) is 8.91. The number of ether oxygens (including phenoxy) is 2. The molecule has 4 nitrogen and oxygen atoms in total. The first-order chi connectivity index (χ1) is 14.5. The molecule has 0 amide bonds. The number of nitriles is 2. The zero-order chi connectivity index (χ0) is 21.5. The van der Waals surface area contributed by atoms with Gasteiger partial charge in [-0.1, -0.05) is 35.9 Å². The standard InChI is InChI=1S/C24H16ClIN2O2/c1-29-23-12-18(10-20(14-28)19-6-2-16(13-27)3-7-19)11-22(26)24(23)30-15-17-4-8-21(25)9-5-17/h2-12H,15H2,1H3/b20-10-. The van der Waals surface area contributed by atoms with Crippen LogP contribution < -0.4 is 9.47 Å². The molecular formula is C24H16ClIN2O2. The van der Waals surface area contributed by atoms with Crippen molar-refractivity contribution in [2.45, 2.75) is 6.61 Å². The van der Waals surface area contributed by atoms with E-state index in [1.165, 1.54) is 0 Å². The van der Waals surface area contributed by atoms with Crippen LogP contribution in [0.25, 0.3) is 11.6 Å². The second-order valence-corrected chi connectivity index (χ2v) is 7.91. The third kappa shape index (κ3) is 5.33. The van der Waals surface area contributed by atoms with Gasteiger partial charge >= 0.3 is 0 Å². The number of nitrogens with zero attached hydrogens (tertiary/aromatic N) is 2. The Bertz CT molecular complexity index is 1160. The fraction of sp³-hybridized carbons (Fsp3) is 0.0833. The molecular weight excluding hydrogens is 511 g/mol. The molecule has 0 unspecified atom stereocenters. The van der Waals surface area contributed by atoms with Gasteiger partial charge in [0.15, 0.2) is 11.5 Å². The van der Waals surface area contributed by atoms with Gasteiger partial charge in [0.2, 0.25) is 0 Å².